The van der Waals surface area contributed by atoms with E-state index in [0.29, 0.717) is 6.42 Å². The lowest BCUT2D eigenvalue weighted by Crippen LogP contribution is -2.18. The van der Waals surface area contributed by atoms with Gasteiger partial charge in [-0.05, 0) is 23.8 Å². The Morgan fingerprint density at radius 1 is 1.28 bits per heavy atom. The summed E-state index contributed by atoms with van der Waals surface area (Å²) in [6, 6.07) is 10.3. The average molecular weight is 289 g/mol. The van der Waals surface area contributed by atoms with Crippen molar-refractivity contribution in [2.75, 3.05) is 0 Å². The summed E-state index contributed by atoms with van der Waals surface area (Å²) >= 11 is 10.7. The molecule has 0 saturated heterocycles. The highest BCUT2D eigenvalue weighted by Crippen LogP contribution is 2.28. The first kappa shape index (κ1) is 15.3. The van der Waals surface area contributed by atoms with E-state index in [1.807, 2.05) is 18.2 Å². The van der Waals surface area contributed by atoms with Crippen LogP contribution in [0.25, 0.3) is 0 Å². The van der Waals surface area contributed by atoms with Crippen molar-refractivity contribution in [1.29, 1.82) is 0 Å². The highest BCUT2D eigenvalue weighted by molar-refractivity contribution is 6.43. The molecule has 18 heavy (non-hydrogen) atoms. The minimum absolute atomic E-state index is 0.0445. The topological polar surface area (TPSA) is 26.3 Å². The molecule has 0 saturated carbocycles. The van der Waals surface area contributed by atoms with Gasteiger partial charge < -0.3 is 4.74 Å². The van der Waals surface area contributed by atoms with Gasteiger partial charge in [-0.25, -0.2) is 0 Å². The Kier molecular flexibility index (Phi) is 5.97. The number of esters is 1. The summed E-state index contributed by atoms with van der Waals surface area (Å²) in [4.78, 5) is 11.3. The van der Waals surface area contributed by atoms with Crippen LogP contribution in [0, 0.1) is 0 Å². The molecule has 4 heteroatoms. The molecule has 0 aromatic heterocycles. The third-order valence-electron chi connectivity index (χ3n) is 2.96. The molecule has 0 unspecified atom stereocenters. The second kappa shape index (κ2) is 7.01. The van der Waals surface area contributed by atoms with Crippen LogP contribution < -0.4 is 0 Å². The lowest BCUT2D eigenvalue weighted by molar-refractivity contribution is -0.143. The van der Waals surface area contributed by atoms with Gasteiger partial charge in [0.2, 0.25) is 0 Å². The van der Waals surface area contributed by atoms with Gasteiger partial charge in [0.15, 0.2) is 0 Å². The number of carbonyl (C=O) groups is 1. The number of rotatable bonds is 6. The Bertz CT molecular complexity index is 375. The molecule has 0 aliphatic heterocycles. The van der Waals surface area contributed by atoms with E-state index in [1.54, 1.807) is 0 Å². The first-order chi connectivity index (χ1) is 8.42. The van der Waals surface area contributed by atoms with E-state index in [0.717, 1.165) is 12.8 Å². The molecule has 0 fully saturated rings. The molecule has 0 spiro atoms. The molecule has 1 aromatic carbocycles. The predicted molar refractivity (Wildman–Crippen MR) is 74.9 cm³/mol. The van der Waals surface area contributed by atoms with Gasteiger partial charge in [0, 0.05) is 6.42 Å². The van der Waals surface area contributed by atoms with Gasteiger partial charge in [-0.2, -0.15) is 0 Å². The van der Waals surface area contributed by atoms with Crippen LogP contribution >= 0.6 is 23.2 Å². The summed E-state index contributed by atoms with van der Waals surface area (Å²) in [7, 11) is 0. The fraction of sp³-hybridized carbons (Fsp3) is 0.500. The Hall–Kier alpha value is -0.730. The molecule has 0 radical (unpaired) electrons. The fourth-order valence-corrected chi connectivity index (χ4v) is 2.07. The molecule has 0 heterocycles. The highest BCUT2D eigenvalue weighted by atomic mass is 35.5. The molecule has 0 atom stereocenters. The molecule has 0 bridgehead atoms. The highest BCUT2D eigenvalue weighted by Gasteiger charge is 2.20. The third kappa shape index (κ3) is 5.28. The predicted octanol–water partition coefficient (Wildman–Crippen LogP) is 4.44. The standard InChI is InChI=1S/C14H18Cl2O2/c1-14(2,11-7-4-3-5-8-11)10-6-9-12(17)18-13(15)16/h3-5,7-8,13H,6,9-10H2,1-2H3. The normalized spacial score (nSPS) is 11.6. The number of carbonyl (C=O) groups excluding carboxylic acids is 1. The van der Waals surface area contributed by atoms with Crippen LogP contribution in [0.15, 0.2) is 30.3 Å². The van der Waals surface area contributed by atoms with Crippen LogP contribution in [0.4, 0.5) is 0 Å². The molecule has 0 aliphatic rings. The van der Waals surface area contributed by atoms with Gasteiger partial charge in [-0.1, -0.05) is 67.4 Å². The SMILES string of the molecule is CC(C)(CCCC(=O)OC(Cl)Cl)c1ccccc1. The fourth-order valence-electron chi connectivity index (χ4n) is 1.87. The van der Waals surface area contributed by atoms with Crippen LogP contribution in [-0.4, -0.2) is 11.0 Å². The van der Waals surface area contributed by atoms with Crippen LogP contribution in [0.3, 0.4) is 0 Å². The van der Waals surface area contributed by atoms with Crippen LogP contribution in [0.1, 0.15) is 38.7 Å². The Labute approximate surface area is 118 Å². The summed E-state index contributed by atoms with van der Waals surface area (Å²) in [5.74, 6) is -0.353. The number of hydrogen-bond acceptors (Lipinski definition) is 2. The van der Waals surface area contributed by atoms with Crippen molar-refractivity contribution >= 4 is 29.2 Å². The van der Waals surface area contributed by atoms with E-state index in [-0.39, 0.29) is 11.4 Å². The number of alkyl halides is 2. The van der Waals surface area contributed by atoms with E-state index in [2.05, 4.69) is 30.7 Å². The molecule has 1 rings (SSSR count). The van der Waals surface area contributed by atoms with Gasteiger partial charge in [0.05, 0.1) is 0 Å². The minimum atomic E-state index is -1.07. The molecular weight excluding hydrogens is 271 g/mol. The zero-order valence-electron chi connectivity index (χ0n) is 10.7. The number of hydrogen-bond donors (Lipinski definition) is 0. The van der Waals surface area contributed by atoms with Crippen molar-refractivity contribution < 1.29 is 9.53 Å². The van der Waals surface area contributed by atoms with Crippen molar-refractivity contribution in [2.45, 2.75) is 43.5 Å². The molecule has 1 aromatic rings. The van der Waals surface area contributed by atoms with Gasteiger partial charge in [-0.15, -0.1) is 0 Å². The van der Waals surface area contributed by atoms with Crippen LogP contribution in [0.2, 0.25) is 0 Å². The van der Waals surface area contributed by atoms with Gasteiger partial charge >= 0.3 is 5.97 Å². The average Bonchev–Trinajstić information content (AvgIpc) is 2.29. The number of ether oxygens (including phenoxy) is 1. The van der Waals surface area contributed by atoms with Crippen molar-refractivity contribution in [3.63, 3.8) is 0 Å². The first-order valence-electron chi connectivity index (χ1n) is 5.95. The van der Waals surface area contributed by atoms with Crippen LogP contribution in [0.5, 0.6) is 0 Å². The second-order valence-corrected chi connectivity index (χ2v) is 5.87. The van der Waals surface area contributed by atoms with Gasteiger partial charge in [-0.3, -0.25) is 4.79 Å². The van der Waals surface area contributed by atoms with Crippen molar-refractivity contribution in [1.82, 2.24) is 0 Å². The molecule has 0 amide bonds. The summed E-state index contributed by atoms with van der Waals surface area (Å²) < 4.78 is 4.66. The third-order valence-corrected chi connectivity index (χ3v) is 3.14. The molecule has 100 valence electrons. The van der Waals surface area contributed by atoms with Crippen molar-refractivity contribution in [2.24, 2.45) is 0 Å². The lowest BCUT2D eigenvalue weighted by atomic mass is 9.80. The van der Waals surface area contributed by atoms with Crippen LogP contribution in [-0.2, 0) is 14.9 Å². The van der Waals surface area contributed by atoms with E-state index >= 15 is 0 Å². The van der Waals surface area contributed by atoms with E-state index in [1.165, 1.54) is 5.56 Å². The van der Waals surface area contributed by atoms with E-state index in [4.69, 9.17) is 23.2 Å². The number of halogens is 2. The maximum Gasteiger partial charge on any atom is 0.308 e. The van der Waals surface area contributed by atoms with Gasteiger partial charge in [0.1, 0.15) is 0 Å². The summed E-state index contributed by atoms with van der Waals surface area (Å²) in [6.45, 7) is 4.33. The summed E-state index contributed by atoms with van der Waals surface area (Å²) in [6.07, 6.45) is 1.99. The van der Waals surface area contributed by atoms with E-state index < -0.39 is 5.02 Å². The molecule has 0 aliphatic carbocycles. The minimum Gasteiger partial charge on any atom is -0.431 e. The largest absolute Gasteiger partial charge is 0.431 e. The van der Waals surface area contributed by atoms with E-state index in [9.17, 15) is 4.79 Å². The zero-order valence-corrected chi connectivity index (χ0v) is 12.2. The Morgan fingerprint density at radius 2 is 1.89 bits per heavy atom. The maximum atomic E-state index is 11.3. The molecule has 2 nitrogen and oxygen atoms in total. The first-order valence-corrected chi connectivity index (χ1v) is 6.82. The molecule has 0 N–H and O–H groups in total. The van der Waals surface area contributed by atoms with Gasteiger partial charge in [0.25, 0.3) is 5.02 Å². The Morgan fingerprint density at radius 3 is 2.44 bits per heavy atom. The molecular formula is C14H18Cl2O2. The monoisotopic (exact) mass is 288 g/mol. The Balaban J connectivity index is 2.41. The zero-order chi connectivity index (χ0) is 13.6. The van der Waals surface area contributed by atoms with Crippen molar-refractivity contribution in [3.05, 3.63) is 35.9 Å². The lowest BCUT2D eigenvalue weighted by Gasteiger charge is -2.25. The van der Waals surface area contributed by atoms with Crippen molar-refractivity contribution in [3.8, 4) is 0 Å². The number of benzene rings is 1. The quantitative estimate of drug-likeness (QED) is 0.571. The smallest absolute Gasteiger partial charge is 0.308 e. The maximum absolute atomic E-state index is 11.3. The summed E-state index contributed by atoms with van der Waals surface area (Å²) in [5.41, 5.74) is 1.31. The summed E-state index contributed by atoms with van der Waals surface area (Å²) in [5, 5.41) is -1.07. The second-order valence-electron chi connectivity index (χ2n) is 4.85.